The molecule has 1 atom stereocenters. The molecule has 13 heteroatoms. The van der Waals surface area contributed by atoms with Gasteiger partial charge in [-0.1, -0.05) is 0 Å². The number of halogens is 3. The van der Waals surface area contributed by atoms with E-state index in [-0.39, 0.29) is 47.7 Å². The summed E-state index contributed by atoms with van der Waals surface area (Å²) >= 11 is 0. The van der Waals surface area contributed by atoms with Gasteiger partial charge in [0.15, 0.2) is 5.54 Å². The molecule has 0 aliphatic carbocycles. The monoisotopic (exact) mass is 481 g/mol. The van der Waals surface area contributed by atoms with Crippen LogP contribution in [0.3, 0.4) is 0 Å². The number of ether oxygens (including phenoxy) is 2. The average molecular weight is 481 g/mol. The SMILES string of the molecule is CCOc1nc(N)nc([C@@](C)(Nc2cc(OCCN(C)C)cc(C(F)(F)F)c2)C(N)=O)c1C#N. The van der Waals surface area contributed by atoms with Gasteiger partial charge in [-0.05, 0) is 40.1 Å². The van der Waals surface area contributed by atoms with E-state index in [4.69, 9.17) is 20.9 Å². The molecule has 1 aromatic heterocycles. The molecule has 2 rings (SSSR count). The molecule has 34 heavy (non-hydrogen) atoms. The number of primary amides is 1. The molecule has 0 aliphatic heterocycles. The first-order valence-electron chi connectivity index (χ1n) is 10.1. The highest BCUT2D eigenvalue weighted by atomic mass is 19.4. The Morgan fingerprint density at radius 3 is 2.44 bits per heavy atom. The number of alkyl halides is 3. The molecule has 0 saturated carbocycles. The lowest BCUT2D eigenvalue weighted by Gasteiger charge is -2.29. The van der Waals surface area contributed by atoms with Crippen LogP contribution in [0.25, 0.3) is 0 Å². The van der Waals surface area contributed by atoms with Crippen molar-refractivity contribution in [3.8, 4) is 17.7 Å². The molecular weight excluding hydrogens is 455 g/mol. The second-order valence-electron chi connectivity index (χ2n) is 7.67. The molecule has 1 aromatic carbocycles. The zero-order chi connectivity index (χ0) is 25.7. The van der Waals surface area contributed by atoms with Crippen molar-refractivity contribution in [1.82, 2.24) is 14.9 Å². The number of aromatic nitrogens is 2. The maximum atomic E-state index is 13.5. The highest BCUT2D eigenvalue weighted by Gasteiger charge is 2.40. The average Bonchev–Trinajstić information content (AvgIpc) is 2.72. The molecule has 0 spiro atoms. The number of carbonyl (C=O) groups is 1. The minimum Gasteiger partial charge on any atom is -0.492 e. The molecule has 0 fully saturated rings. The summed E-state index contributed by atoms with van der Waals surface area (Å²) in [6.07, 6.45) is -4.69. The summed E-state index contributed by atoms with van der Waals surface area (Å²) in [5.41, 5.74) is 7.74. The highest BCUT2D eigenvalue weighted by molar-refractivity contribution is 5.89. The fraction of sp³-hybridized carbons (Fsp3) is 0.429. The molecule has 10 nitrogen and oxygen atoms in total. The summed E-state index contributed by atoms with van der Waals surface area (Å²) in [4.78, 5) is 22.2. The van der Waals surface area contributed by atoms with Crippen LogP contribution in [0, 0.1) is 11.3 Å². The number of carbonyl (C=O) groups excluding carboxylic acids is 1. The van der Waals surface area contributed by atoms with Crippen LogP contribution < -0.4 is 26.3 Å². The summed E-state index contributed by atoms with van der Waals surface area (Å²) < 4.78 is 51.4. The Morgan fingerprint density at radius 1 is 1.24 bits per heavy atom. The van der Waals surface area contributed by atoms with Gasteiger partial charge in [-0.2, -0.15) is 23.4 Å². The number of nitrogens with one attached hydrogen (secondary N) is 1. The van der Waals surface area contributed by atoms with E-state index >= 15 is 0 Å². The third kappa shape index (κ3) is 6.16. The molecule has 5 N–H and O–H groups in total. The van der Waals surface area contributed by atoms with Gasteiger partial charge < -0.3 is 31.2 Å². The number of anilines is 2. The molecule has 0 saturated heterocycles. The zero-order valence-corrected chi connectivity index (χ0v) is 19.2. The van der Waals surface area contributed by atoms with Crippen LogP contribution in [0.1, 0.15) is 30.7 Å². The van der Waals surface area contributed by atoms with Gasteiger partial charge in [0.2, 0.25) is 17.7 Å². The normalized spacial score (nSPS) is 13.1. The van der Waals surface area contributed by atoms with Gasteiger partial charge >= 0.3 is 6.18 Å². The number of hydrogen-bond donors (Lipinski definition) is 3. The lowest BCUT2D eigenvalue weighted by molar-refractivity contribution is -0.137. The van der Waals surface area contributed by atoms with Gasteiger partial charge in [0.05, 0.1) is 12.2 Å². The highest BCUT2D eigenvalue weighted by Crippen LogP contribution is 2.37. The molecule has 0 radical (unpaired) electrons. The van der Waals surface area contributed by atoms with E-state index < -0.39 is 23.2 Å². The number of amides is 1. The first-order chi connectivity index (χ1) is 15.8. The lowest BCUT2D eigenvalue weighted by atomic mass is 9.92. The summed E-state index contributed by atoms with van der Waals surface area (Å²) in [7, 11) is 3.58. The molecule has 184 valence electrons. The van der Waals surface area contributed by atoms with Crippen molar-refractivity contribution in [3.05, 3.63) is 35.0 Å². The van der Waals surface area contributed by atoms with E-state index in [1.54, 1.807) is 25.9 Å². The molecule has 0 aliphatic rings. The van der Waals surface area contributed by atoms with Crippen molar-refractivity contribution >= 4 is 17.5 Å². The predicted molar refractivity (Wildman–Crippen MR) is 118 cm³/mol. The third-order valence-electron chi connectivity index (χ3n) is 4.69. The van der Waals surface area contributed by atoms with Crippen molar-refractivity contribution in [2.45, 2.75) is 25.6 Å². The van der Waals surface area contributed by atoms with Crippen molar-refractivity contribution < 1.29 is 27.4 Å². The Kier molecular flexibility index (Phi) is 8.12. The summed E-state index contributed by atoms with van der Waals surface area (Å²) in [6, 6.07) is 4.77. The topological polar surface area (TPSA) is 152 Å². The quantitative estimate of drug-likeness (QED) is 0.463. The van der Waals surface area contributed by atoms with Crippen LogP contribution in [0.15, 0.2) is 18.2 Å². The van der Waals surface area contributed by atoms with Gasteiger partial charge in [0, 0.05) is 18.3 Å². The number of nitrogens with zero attached hydrogens (tertiary/aromatic N) is 4. The van der Waals surface area contributed by atoms with E-state index in [2.05, 4.69) is 15.3 Å². The standard InChI is InChI=1S/C21H26F3N7O3/c1-5-33-17-15(11-25)16(28-19(27)29-17)20(2,18(26)32)30-13-8-12(21(22,23)24)9-14(10-13)34-7-6-31(3)4/h8-10,30H,5-7H2,1-4H3,(H2,26,32)(H2,27,28,29)/t20-/m1/s1. The van der Waals surface area contributed by atoms with Crippen molar-refractivity contribution in [3.63, 3.8) is 0 Å². The number of rotatable bonds is 10. The van der Waals surface area contributed by atoms with E-state index in [0.29, 0.717) is 6.54 Å². The van der Waals surface area contributed by atoms with Crippen LogP contribution in [-0.2, 0) is 16.5 Å². The molecular formula is C21H26F3N7O3. The number of nitrogen functional groups attached to an aromatic ring is 1. The van der Waals surface area contributed by atoms with Crippen molar-refractivity contribution in [1.29, 1.82) is 5.26 Å². The van der Waals surface area contributed by atoms with Crippen LogP contribution in [0.5, 0.6) is 11.6 Å². The van der Waals surface area contributed by atoms with E-state index in [9.17, 15) is 23.2 Å². The van der Waals surface area contributed by atoms with E-state index in [1.165, 1.54) is 13.0 Å². The van der Waals surface area contributed by atoms with Crippen molar-refractivity contribution in [2.75, 3.05) is 44.9 Å². The summed E-state index contributed by atoms with van der Waals surface area (Å²) in [6.45, 7) is 3.63. The number of benzene rings is 1. The van der Waals surface area contributed by atoms with Crippen molar-refractivity contribution in [2.24, 2.45) is 5.73 Å². The molecule has 2 aromatic rings. The second-order valence-corrected chi connectivity index (χ2v) is 7.67. The number of hydrogen-bond acceptors (Lipinski definition) is 9. The Balaban J connectivity index is 2.61. The zero-order valence-electron chi connectivity index (χ0n) is 19.2. The first kappa shape index (κ1) is 26.5. The second kappa shape index (κ2) is 10.4. The van der Waals surface area contributed by atoms with Gasteiger partial charge in [0.1, 0.15) is 29.7 Å². The summed E-state index contributed by atoms with van der Waals surface area (Å²) in [5, 5.41) is 12.3. The molecule has 0 unspecified atom stereocenters. The van der Waals surface area contributed by atoms with Crippen LogP contribution in [0.2, 0.25) is 0 Å². The summed E-state index contributed by atoms with van der Waals surface area (Å²) in [5.74, 6) is -1.61. The van der Waals surface area contributed by atoms with Crippen LogP contribution in [-0.4, -0.2) is 54.6 Å². The number of nitrogens with two attached hydrogens (primary N) is 2. The van der Waals surface area contributed by atoms with Crippen LogP contribution >= 0.6 is 0 Å². The molecule has 1 amide bonds. The lowest BCUT2D eigenvalue weighted by Crippen LogP contribution is -2.46. The van der Waals surface area contributed by atoms with Gasteiger partial charge in [0.25, 0.3) is 0 Å². The smallest absolute Gasteiger partial charge is 0.416 e. The Bertz CT molecular complexity index is 1090. The minimum atomic E-state index is -4.69. The molecule has 0 bridgehead atoms. The Labute approximate surface area is 194 Å². The fourth-order valence-electron chi connectivity index (χ4n) is 2.95. The first-order valence-corrected chi connectivity index (χ1v) is 10.1. The number of nitriles is 1. The maximum Gasteiger partial charge on any atom is 0.416 e. The Hall–Kier alpha value is -3.79. The molecule has 1 heterocycles. The fourth-order valence-corrected chi connectivity index (χ4v) is 2.95. The van der Waals surface area contributed by atoms with Crippen LogP contribution in [0.4, 0.5) is 24.8 Å². The maximum absolute atomic E-state index is 13.5. The minimum absolute atomic E-state index is 0.0799. The van der Waals surface area contributed by atoms with Gasteiger partial charge in [-0.15, -0.1) is 0 Å². The van der Waals surface area contributed by atoms with Gasteiger partial charge in [-0.25, -0.2) is 4.98 Å². The number of likely N-dealkylation sites (N-methyl/N-ethyl adjacent to an activating group) is 1. The Morgan fingerprint density at radius 2 is 1.91 bits per heavy atom. The van der Waals surface area contributed by atoms with E-state index in [0.717, 1.165) is 12.1 Å². The van der Waals surface area contributed by atoms with E-state index in [1.807, 2.05) is 6.07 Å². The largest absolute Gasteiger partial charge is 0.492 e. The van der Waals surface area contributed by atoms with Gasteiger partial charge in [-0.3, -0.25) is 4.79 Å². The predicted octanol–water partition coefficient (Wildman–Crippen LogP) is 2.10. The third-order valence-corrected chi connectivity index (χ3v) is 4.69.